The average Bonchev–Trinajstić information content (AvgIpc) is 3.27. The van der Waals surface area contributed by atoms with E-state index in [9.17, 15) is 9.59 Å². The first-order valence-electron chi connectivity index (χ1n) is 7.67. The summed E-state index contributed by atoms with van der Waals surface area (Å²) in [6.07, 6.45) is 4.32. The maximum atomic E-state index is 12.7. The Morgan fingerprint density at radius 1 is 1.16 bits per heavy atom. The van der Waals surface area contributed by atoms with Crippen molar-refractivity contribution in [1.82, 2.24) is 24.6 Å². The number of rotatable bonds is 7. The minimum absolute atomic E-state index is 0.0151. The van der Waals surface area contributed by atoms with Crippen molar-refractivity contribution in [2.45, 2.75) is 19.6 Å². The SMILES string of the molecule is O=C(O)c1cn(CC(=O)N(Cc2ccccc2)Cc2ccn[nH]2)cn1. The topological polar surface area (TPSA) is 104 Å². The number of benzene rings is 1. The molecule has 0 radical (unpaired) electrons. The van der Waals surface area contributed by atoms with E-state index in [4.69, 9.17) is 5.11 Å². The molecule has 0 aliphatic heterocycles. The van der Waals surface area contributed by atoms with Crippen LogP contribution in [0.1, 0.15) is 21.7 Å². The molecule has 8 nitrogen and oxygen atoms in total. The number of nitrogens with zero attached hydrogens (tertiary/aromatic N) is 4. The molecule has 0 unspecified atom stereocenters. The fraction of sp³-hybridized carbons (Fsp3) is 0.176. The Bertz CT molecular complexity index is 842. The summed E-state index contributed by atoms with van der Waals surface area (Å²) in [5, 5.41) is 15.7. The number of aromatic nitrogens is 4. The second-order valence-electron chi connectivity index (χ2n) is 5.55. The Morgan fingerprint density at radius 2 is 1.96 bits per heavy atom. The van der Waals surface area contributed by atoms with Crippen LogP contribution in [0.25, 0.3) is 0 Å². The minimum Gasteiger partial charge on any atom is -0.476 e. The Kier molecular flexibility index (Phi) is 4.89. The highest BCUT2D eigenvalue weighted by Crippen LogP contribution is 2.10. The highest BCUT2D eigenvalue weighted by molar-refractivity contribution is 5.85. The molecule has 0 saturated carbocycles. The quantitative estimate of drug-likeness (QED) is 0.679. The van der Waals surface area contributed by atoms with Crippen LogP contribution in [0.2, 0.25) is 0 Å². The molecule has 3 aromatic rings. The molecule has 0 saturated heterocycles. The van der Waals surface area contributed by atoms with Crippen LogP contribution in [0.15, 0.2) is 55.1 Å². The summed E-state index contributed by atoms with van der Waals surface area (Å²) < 4.78 is 1.47. The molecule has 0 bridgehead atoms. The molecule has 0 atom stereocenters. The van der Waals surface area contributed by atoms with Gasteiger partial charge in [-0.15, -0.1) is 0 Å². The molecular weight excluding hydrogens is 322 g/mol. The normalized spacial score (nSPS) is 10.6. The van der Waals surface area contributed by atoms with Gasteiger partial charge in [0, 0.05) is 18.9 Å². The Morgan fingerprint density at radius 3 is 2.60 bits per heavy atom. The molecule has 0 fully saturated rings. The van der Waals surface area contributed by atoms with Crippen molar-refractivity contribution >= 4 is 11.9 Å². The van der Waals surface area contributed by atoms with Crippen LogP contribution in [-0.2, 0) is 24.4 Å². The van der Waals surface area contributed by atoms with Gasteiger partial charge in [-0.3, -0.25) is 9.89 Å². The van der Waals surface area contributed by atoms with Gasteiger partial charge in [0.05, 0.1) is 18.6 Å². The number of carboxylic acids is 1. The van der Waals surface area contributed by atoms with Crippen molar-refractivity contribution in [3.63, 3.8) is 0 Å². The second kappa shape index (κ2) is 7.43. The van der Waals surface area contributed by atoms with Gasteiger partial charge in [0.15, 0.2) is 5.69 Å². The van der Waals surface area contributed by atoms with Crippen LogP contribution in [0.4, 0.5) is 0 Å². The molecule has 1 amide bonds. The van der Waals surface area contributed by atoms with Gasteiger partial charge in [-0.25, -0.2) is 9.78 Å². The number of aromatic amines is 1. The molecule has 25 heavy (non-hydrogen) atoms. The number of amides is 1. The number of nitrogens with one attached hydrogen (secondary N) is 1. The molecule has 0 aliphatic rings. The van der Waals surface area contributed by atoms with Crippen LogP contribution >= 0.6 is 0 Å². The first kappa shape index (κ1) is 16.4. The zero-order valence-electron chi connectivity index (χ0n) is 13.4. The Hall–Kier alpha value is -3.42. The molecule has 2 heterocycles. The van der Waals surface area contributed by atoms with Crippen molar-refractivity contribution in [3.05, 3.63) is 72.1 Å². The lowest BCUT2D eigenvalue weighted by Crippen LogP contribution is -2.33. The number of hydrogen-bond acceptors (Lipinski definition) is 4. The van der Waals surface area contributed by atoms with Gasteiger partial charge in [0.25, 0.3) is 0 Å². The lowest BCUT2D eigenvalue weighted by atomic mass is 10.2. The zero-order chi connectivity index (χ0) is 17.6. The predicted molar refractivity (Wildman–Crippen MR) is 88.5 cm³/mol. The van der Waals surface area contributed by atoms with E-state index >= 15 is 0 Å². The number of hydrogen-bond donors (Lipinski definition) is 2. The van der Waals surface area contributed by atoms with Crippen LogP contribution < -0.4 is 0 Å². The average molecular weight is 339 g/mol. The van der Waals surface area contributed by atoms with Gasteiger partial charge in [-0.05, 0) is 11.6 Å². The van der Waals surface area contributed by atoms with Gasteiger partial charge in [0.2, 0.25) is 5.91 Å². The Labute approximate surface area is 143 Å². The zero-order valence-corrected chi connectivity index (χ0v) is 13.4. The monoisotopic (exact) mass is 339 g/mol. The minimum atomic E-state index is -1.12. The number of imidazole rings is 1. The first-order chi connectivity index (χ1) is 12.1. The van der Waals surface area contributed by atoms with E-state index < -0.39 is 5.97 Å². The first-order valence-corrected chi connectivity index (χ1v) is 7.67. The number of aromatic carboxylic acids is 1. The second-order valence-corrected chi connectivity index (χ2v) is 5.55. The summed E-state index contributed by atoms with van der Waals surface area (Å²) in [4.78, 5) is 29.1. The molecule has 1 aromatic carbocycles. The van der Waals surface area contributed by atoms with E-state index in [0.717, 1.165) is 11.3 Å². The molecule has 2 aromatic heterocycles. The highest BCUT2D eigenvalue weighted by atomic mass is 16.4. The third-order valence-electron chi connectivity index (χ3n) is 3.66. The molecule has 0 aliphatic carbocycles. The molecule has 3 rings (SSSR count). The summed E-state index contributed by atoms with van der Waals surface area (Å²) >= 11 is 0. The fourth-order valence-corrected chi connectivity index (χ4v) is 2.43. The smallest absolute Gasteiger partial charge is 0.356 e. The molecule has 128 valence electrons. The van der Waals surface area contributed by atoms with Crippen molar-refractivity contribution in [2.24, 2.45) is 0 Å². The standard InChI is InChI=1S/C17H17N5O3/c23-16(11-21-10-15(17(24)25)18-12-21)22(9-14-6-7-19-20-14)8-13-4-2-1-3-5-13/h1-7,10,12H,8-9,11H2,(H,19,20)(H,24,25). The highest BCUT2D eigenvalue weighted by Gasteiger charge is 2.17. The lowest BCUT2D eigenvalue weighted by Gasteiger charge is -2.22. The van der Waals surface area contributed by atoms with Gasteiger partial charge >= 0.3 is 5.97 Å². The molecule has 0 spiro atoms. The third kappa shape index (κ3) is 4.31. The molecule has 8 heteroatoms. The summed E-state index contributed by atoms with van der Waals surface area (Å²) in [6.45, 7) is 0.842. The number of H-pyrrole nitrogens is 1. The fourth-order valence-electron chi connectivity index (χ4n) is 2.43. The number of carbonyl (C=O) groups excluding carboxylic acids is 1. The van der Waals surface area contributed by atoms with E-state index in [1.807, 2.05) is 36.4 Å². The van der Waals surface area contributed by atoms with E-state index in [0.29, 0.717) is 13.1 Å². The summed E-state index contributed by atoms with van der Waals surface area (Å²) in [5.41, 5.74) is 1.74. The van der Waals surface area contributed by atoms with Crippen LogP contribution in [0.3, 0.4) is 0 Å². The third-order valence-corrected chi connectivity index (χ3v) is 3.66. The largest absolute Gasteiger partial charge is 0.476 e. The summed E-state index contributed by atoms with van der Waals surface area (Å²) in [7, 11) is 0. The van der Waals surface area contributed by atoms with Crippen molar-refractivity contribution in [1.29, 1.82) is 0 Å². The van der Waals surface area contributed by atoms with Crippen molar-refractivity contribution in [2.75, 3.05) is 0 Å². The van der Waals surface area contributed by atoms with Gasteiger partial charge in [-0.1, -0.05) is 30.3 Å². The maximum Gasteiger partial charge on any atom is 0.356 e. The summed E-state index contributed by atoms with van der Waals surface area (Å²) in [5.74, 6) is -1.27. The lowest BCUT2D eigenvalue weighted by molar-refractivity contribution is -0.133. The van der Waals surface area contributed by atoms with Crippen molar-refractivity contribution in [3.8, 4) is 0 Å². The summed E-state index contributed by atoms with van der Waals surface area (Å²) in [6, 6.07) is 11.5. The maximum absolute atomic E-state index is 12.7. The Balaban J connectivity index is 1.74. The van der Waals surface area contributed by atoms with Gasteiger partial charge < -0.3 is 14.6 Å². The molecule has 2 N–H and O–H groups in total. The van der Waals surface area contributed by atoms with E-state index in [2.05, 4.69) is 15.2 Å². The number of carbonyl (C=O) groups is 2. The van der Waals surface area contributed by atoms with Crippen LogP contribution in [0.5, 0.6) is 0 Å². The van der Waals surface area contributed by atoms with Crippen LogP contribution in [0, 0.1) is 0 Å². The van der Waals surface area contributed by atoms with Gasteiger partial charge in [-0.2, -0.15) is 5.10 Å². The van der Waals surface area contributed by atoms with E-state index in [1.54, 1.807) is 11.1 Å². The predicted octanol–water partition coefficient (Wildman–Crippen LogP) is 1.53. The van der Waals surface area contributed by atoms with E-state index in [1.165, 1.54) is 17.1 Å². The van der Waals surface area contributed by atoms with Gasteiger partial charge in [0.1, 0.15) is 6.54 Å². The van der Waals surface area contributed by atoms with E-state index in [-0.39, 0.29) is 18.1 Å². The van der Waals surface area contributed by atoms with Crippen molar-refractivity contribution < 1.29 is 14.7 Å². The molecular formula is C17H17N5O3. The van der Waals surface area contributed by atoms with Crippen LogP contribution in [-0.4, -0.2) is 41.6 Å². The number of carboxylic acid groups (broad SMARTS) is 1.